The molecule has 396 valence electrons. The molecule has 0 aromatic heterocycles. The molecule has 0 atom stereocenters. The second-order valence-corrected chi connectivity index (χ2v) is 22.0. The van der Waals surface area contributed by atoms with E-state index in [-0.39, 0.29) is 5.41 Å². The van der Waals surface area contributed by atoms with Gasteiger partial charge in [0.15, 0.2) is 0 Å². The van der Waals surface area contributed by atoms with E-state index in [1.165, 1.54) is 67.0 Å². The first kappa shape index (κ1) is 51.3. The average Bonchev–Trinajstić information content (AvgIpc) is 1.68. The van der Waals surface area contributed by atoms with Crippen LogP contribution in [0.15, 0.2) is 297 Å². The Labute approximate surface area is 483 Å². The highest BCUT2D eigenvalue weighted by Gasteiger charge is 2.37. The Morgan fingerprint density at radius 1 is 0.280 bits per heavy atom. The van der Waals surface area contributed by atoms with E-state index in [2.05, 4.69) is 351 Å². The van der Waals surface area contributed by atoms with E-state index >= 15 is 0 Å². The molecule has 1 heterocycles. The normalized spacial score (nSPS) is 12.3. The average molecular weight is 1060 g/mol. The van der Waals surface area contributed by atoms with Gasteiger partial charge in [-0.3, -0.25) is 0 Å². The summed E-state index contributed by atoms with van der Waals surface area (Å²) in [5, 5.41) is 0. The predicted octanol–water partition coefficient (Wildman–Crippen LogP) is 22.1. The predicted molar refractivity (Wildman–Crippen MR) is 348 cm³/mol. The second-order valence-electron chi connectivity index (χ2n) is 22.0. The molecule has 0 unspecified atom stereocenters. The van der Waals surface area contributed by atoms with E-state index in [1.54, 1.807) is 0 Å². The third-order valence-corrected chi connectivity index (χ3v) is 16.3. The van der Waals surface area contributed by atoms with Crippen LogP contribution in [0.2, 0.25) is 0 Å². The highest BCUT2D eigenvalue weighted by atomic mass is 15.2. The molecule has 0 saturated heterocycles. The molecule has 0 N–H and O–H groups in total. The summed E-state index contributed by atoms with van der Waals surface area (Å²) in [6, 6.07) is 108. The molecule has 4 nitrogen and oxygen atoms in total. The van der Waals surface area contributed by atoms with Crippen molar-refractivity contribution in [1.29, 1.82) is 0 Å². The van der Waals surface area contributed by atoms with Gasteiger partial charge in [-0.1, -0.05) is 183 Å². The summed E-state index contributed by atoms with van der Waals surface area (Å²) >= 11 is 0. The molecule has 0 amide bonds. The van der Waals surface area contributed by atoms with Crippen molar-refractivity contribution < 1.29 is 0 Å². The Morgan fingerprint density at radius 2 is 0.671 bits per heavy atom. The molecular formula is C78H64N4. The maximum Gasteiger partial charge on any atom is 0.0503 e. The van der Waals surface area contributed by atoms with Crippen LogP contribution in [0.4, 0.5) is 68.2 Å². The minimum atomic E-state index is -0.294. The van der Waals surface area contributed by atoms with Crippen LogP contribution in [0.3, 0.4) is 0 Å². The van der Waals surface area contributed by atoms with Gasteiger partial charge in [0.05, 0.1) is 11.4 Å². The van der Waals surface area contributed by atoms with Gasteiger partial charge in [0.25, 0.3) is 0 Å². The van der Waals surface area contributed by atoms with E-state index < -0.39 is 0 Å². The highest BCUT2D eigenvalue weighted by Crippen LogP contribution is 2.54. The van der Waals surface area contributed by atoms with Gasteiger partial charge in [-0.15, -0.1) is 0 Å². The van der Waals surface area contributed by atoms with Gasteiger partial charge in [-0.2, -0.15) is 0 Å². The Bertz CT molecular complexity index is 4090. The first-order valence-electron chi connectivity index (χ1n) is 28.4. The van der Waals surface area contributed by atoms with Gasteiger partial charge >= 0.3 is 0 Å². The quantitative estimate of drug-likeness (QED) is 0.114. The SMILES string of the molecule is Cc1ccc(N(c2ccc(C)cc2)c2ccc(-c3cccc(-c4ccc(N(c5ccccc5)c5ccc(N(c6ccccc6)c6ccccc6)cc5)cc4)c3-c3ccc4c(c3)C(C)(C)c3ccccc3N4c3ccccc3)c(C)c2)cc1. The third kappa shape index (κ3) is 9.69. The summed E-state index contributed by atoms with van der Waals surface area (Å²) in [4.78, 5) is 9.47. The van der Waals surface area contributed by atoms with Crippen molar-refractivity contribution in [2.45, 2.75) is 40.0 Å². The molecule has 0 bridgehead atoms. The summed E-state index contributed by atoms with van der Waals surface area (Å²) < 4.78 is 0. The fourth-order valence-electron chi connectivity index (χ4n) is 12.1. The van der Waals surface area contributed by atoms with Gasteiger partial charge in [0.1, 0.15) is 0 Å². The highest BCUT2D eigenvalue weighted by molar-refractivity contribution is 5.98. The number of anilines is 12. The van der Waals surface area contributed by atoms with Crippen LogP contribution >= 0.6 is 0 Å². The number of hydrogen-bond donors (Lipinski definition) is 0. The third-order valence-electron chi connectivity index (χ3n) is 16.3. The van der Waals surface area contributed by atoms with Crippen LogP contribution in [-0.4, -0.2) is 0 Å². The van der Waals surface area contributed by atoms with Crippen molar-refractivity contribution in [1.82, 2.24) is 0 Å². The lowest BCUT2D eigenvalue weighted by atomic mass is 9.72. The van der Waals surface area contributed by atoms with Crippen molar-refractivity contribution in [3.05, 3.63) is 325 Å². The minimum absolute atomic E-state index is 0.294. The summed E-state index contributed by atoms with van der Waals surface area (Å²) in [7, 11) is 0. The smallest absolute Gasteiger partial charge is 0.0503 e. The molecular weight excluding hydrogens is 993 g/mol. The molecule has 0 aliphatic carbocycles. The minimum Gasteiger partial charge on any atom is -0.311 e. The van der Waals surface area contributed by atoms with Crippen molar-refractivity contribution in [2.75, 3.05) is 19.6 Å². The monoisotopic (exact) mass is 1060 g/mol. The summed E-state index contributed by atoms with van der Waals surface area (Å²) in [6.07, 6.45) is 0. The van der Waals surface area contributed by atoms with Crippen molar-refractivity contribution in [3.63, 3.8) is 0 Å². The van der Waals surface area contributed by atoms with Gasteiger partial charge in [0, 0.05) is 62.3 Å². The number of rotatable bonds is 13. The molecule has 4 heteroatoms. The van der Waals surface area contributed by atoms with E-state index in [9.17, 15) is 0 Å². The zero-order valence-corrected chi connectivity index (χ0v) is 47.1. The van der Waals surface area contributed by atoms with Crippen LogP contribution < -0.4 is 19.6 Å². The lowest BCUT2D eigenvalue weighted by Crippen LogP contribution is -2.30. The van der Waals surface area contributed by atoms with Crippen molar-refractivity contribution in [3.8, 4) is 33.4 Å². The van der Waals surface area contributed by atoms with E-state index in [4.69, 9.17) is 0 Å². The fraction of sp³-hybridized carbons (Fsp3) is 0.0769. The number of benzene rings is 12. The first-order valence-corrected chi connectivity index (χ1v) is 28.4. The zero-order chi connectivity index (χ0) is 55.7. The molecule has 0 fully saturated rings. The van der Waals surface area contributed by atoms with Gasteiger partial charge in [-0.05, 0) is 210 Å². The van der Waals surface area contributed by atoms with E-state index in [1.807, 2.05) is 0 Å². The van der Waals surface area contributed by atoms with Gasteiger partial charge in [0.2, 0.25) is 0 Å². The standard InChI is InChI=1S/C78H64N4/c1-55-33-40-64(41-34-55)81(65-42-35-56(2)36-43-65)69-50-51-70(57(3)53-69)72-30-20-29-71(77(72)59-39-52-76-74(54-59)78(4,5)73-31-18-19-32-75(73)82(76)63-27-16-9-17-28-63)58-37-44-66(45-38-58)80(62-25-14-8-15-26-62)68-48-46-67(47-49-68)79(60-21-10-6-11-22-60)61-23-12-7-13-24-61/h6-54H,1-5H3. The Morgan fingerprint density at radius 3 is 1.18 bits per heavy atom. The van der Waals surface area contributed by atoms with Crippen LogP contribution in [0.1, 0.15) is 41.7 Å². The molecule has 12 aromatic carbocycles. The van der Waals surface area contributed by atoms with Crippen molar-refractivity contribution >= 4 is 68.2 Å². The van der Waals surface area contributed by atoms with Gasteiger partial charge < -0.3 is 19.6 Å². The molecule has 0 saturated carbocycles. The fourth-order valence-corrected chi connectivity index (χ4v) is 12.1. The zero-order valence-electron chi connectivity index (χ0n) is 47.1. The molecule has 12 aromatic rings. The van der Waals surface area contributed by atoms with E-state index in [0.717, 1.165) is 62.4 Å². The Balaban J connectivity index is 0.948. The maximum absolute atomic E-state index is 2.48. The number of para-hydroxylation sites is 5. The maximum atomic E-state index is 2.48. The topological polar surface area (TPSA) is 13.0 Å². The van der Waals surface area contributed by atoms with Gasteiger partial charge in [-0.25, -0.2) is 0 Å². The molecule has 82 heavy (non-hydrogen) atoms. The second kappa shape index (κ2) is 21.8. The molecule has 0 spiro atoms. The summed E-state index contributed by atoms with van der Waals surface area (Å²) in [5.41, 5.74) is 26.4. The first-order chi connectivity index (χ1) is 40.2. The van der Waals surface area contributed by atoms with Crippen LogP contribution in [0, 0.1) is 20.8 Å². The number of aryl methyl sites for hydroxylation is 3. The van der Waals surface area contributed by atoms with Crippen LogP contribution in [0.5, 0.6) is 0 Å². The van der Waals surface area contributed by atoms with Crippen LogP contribution in [0.25, 0.3) is 33.4 Å². The largest absolute Gasteiger partial charge is 0.311 e. The molecule has 0 radical (unpaired) electrons. The molecule has 1 aliphatic heterocycles. The number of nitrogens with zero attached hydrogens (tertiary/aromatic N) is 4. The number of hydrogen-bond acceptors (Lipinski definition) is 4. The number of fused-ring (bicyclic) bond motifs is 2. The lowest BCUT2D eigenvalue weighted by Gasteiger charge is -2.42. The van der Waals surface area contributed by atoms with E-state index in [0.29, 0.717) is 0 Å². The van der Waals surface area contributed by atoms with Crippen LogP contribution in [-0.2, 0) is 5.41 Å². The molecule has 1 aliphatic rings. The summed E-state index contributed by atoms with van der Waals surface area (Å²) in [5.74, 6) is 0. The van der Waals surface area contributed by atoms with Crippen molar-refractivity contribution in [2.24, 2.45) is 0 Å². The lowest BCUT2D eigenvalue weighted by molar-refractivity contribution is 0.632. The Kier molecular flexibility index (Phi) is 13.6. The summed E-state index contributed by atoms with van der Waals surface area (Å²) in [6.45, 7) is 11.3. The Hall–Kier alpha value is -10.2. The molecule has 13 rings (SSSR count).